The van der Waals surface area contributed by atoms with Crippen molar-refractivity contribution in [1.29, 1.82) is 0 Å². The topological polar surface area (TPSA) is 0 Å². The van der Waals surface area contributed by atoms with Crippen LogP contribution in [0.25, 0.3) is 0 Å². The van der Waals surface area contributed by atoms with Gasteiger partial charge in [-0.3, -0.25) is 0 Å². The SMILES string of the molecule is [CH2]CCCCCCCCCC#CCCCCCCCCCCCCCCC[CH2]. The molecule has 0 saturated carbocycles. The number of hydrogen-bond acceptors (Lipinski definition) is 0. The van der Waals surface area contributed by atoms with E-state index < -0.39 is 0 Å². The average molecular weight is 389 g/mol. The third-order valence-electron chi connectivity index (χ3n) is 5.73. The normalized spacial score (nSPS) is 10.8. The van der Waals surface area contributed by atoms with Crippen LogP contribution in [0.4, 0.5) is 0 Å². The molecule has 0 aliphatic carbocycles. The van der Waals surface area contributed by atoms with Gasteiger partial charge in [0.2, 0.25) is 0 Å². The molecule has 0 atom stereocenters. The Bertz CT molecular complexity index is 319. The van der Waals surface area contributed by atoms with Crippen molar-refractivity contribution >= 4 is 0 Å². The third-order valence-corrected chi connectivity index (χ3v) is 5.73. The standard InChI is InChI=1S/C28H52/c1-3-5-7-9-11-13-15-17-19-21-23-25-27-28-26-24-22-20-18-16-14-12-10-8-6-4-2/h1-21,23,25-28H2. The molecule has 0 saturated heterocycles. The molecule has 0 aromatic carbocycles. The Kier molecular flexibility index (Phi) is 26.1. The summed E-state index contributed by atoms with van der Waals surface area (Å²) in [5.41, 5.74) is 0. The minimum Gasteiger partial charge on any atom is -0.103 e. The Morgan fingerprint density at radius 3 is 0.750 bits per heavy atom. The summed E-state index contributed by atoms with van der Waals surface area (Å²) in [6.07, 6.45) is 32.4. The molecule has 0 amide bonds. The Morgan fingerprint density at radius 2 is 0.500 bits per heavy atom. The second-order valence-corrected chi connectivity index (χ2v) is 8.63. The van der Waals surface area contributed by atoms with Gasteiger partial charge in [-0.1, -0.05) is 142 Å². The maximum atomic E-state index is 3.91. The van der Waals surface area contributed by atoms with Gasteiger partial charge in [-0.15, -0.1) is 11.8 Å². The molecule has 2 radical (unpaired) electrons. The number of hydrogen-bond donors (Lipinski definition) is 0. The van der Waals surface area contributed by atoms with Crippen LogP contribution in [0.1, 0.15) is 154 Å². The van der Waals surface area contributed by atoms with Crippen molar-refractivity contribution in [3.8, 4) is 11.8 Å². The van der Waals surface area contributed by atoms with Gasteiger partial charge in [0.15, 0.2) is 0 Å². The van der Waals surface area contributed by atoms with E-state index in [2.05, 4.69) is 25.7 Å². The summed E-state index contributed by atoms with van der Waals surface area (Å²) >= 11 is 0. The van der Waals surface area contributed by atoms with Crippen LogP contribution in [0.2, 0.25) is 0 Å². The lowest BCUT2D eigenvalue weighted by molar-refractivity contribution is 0.538. The van der Waals surface area contributed by atoms with Crippen molar-refractivity contribution in [2.45, 2.75) is 154 Å². The van der Waals surface area contributed by atoms with Gasteiger partial charge in [-0.2, -0.15) is 0 Å². The molecule has 0 nitrogen and oxygen atoms in total. The highest BCUT2D eigenvalue weighted by atomic mass is 14.0. The van der Waals surface area contributed by atoms with Crippen molar-refractivity contribution in [3.63, 3.8) is 0 Å². The molecule has 28 heavy (non-hydrogen) atoms. The summed E-state index contributed by atoms with van der Waals surface area (Å²) in [5.74, 6) is 6.77. The fraction of sp³-hybridized carbons (Fsp3) is 0.857. The van der Waals surface area contributed by atoms with Crippen LogP contribution in [0.5, 0.6) is 0 Å². The lowest BCUT2D eigenvalue weighted by Gasteiger charge is -2.02. The highest BCUT2D eigenvalue weighted by molar-refractivity contribution is 4.98. The molecule has 0 aliphatic heterocycles. The van der Waals surface area contributed by atoms with E-state index in [9.17, 15) is 0 Å². The monoisotopic (exact) mass is 388 g/mol. The Labute approximate surface area is 180 Å². The molecule has 0 heteroatoms. The second kappa shape index (κ2) is 26.6. The molecule has 0 fully saturated rings. The quantitative estimate of drug-likeness (QED) is 0.128. The van der Waals surface area contributed by atoms with E-state index in [1.54, 1.807) is 0 Å². The highest BCUT2D eigenvalue weighted by Gasteiger charge is 1.94. The molecule has 0 aromatic heterocycles. The molecule has 0 spiro atoms. The summed E-state index contributed by atoms with van der Waals surface area (Å²) in [5, 5.41) is 0. The highest BCUT2D eigenvalue weighted by Crippen LogP contribution is 2.13. The van der Waals surface area contributed by atoms with Crippen molar-refractivity contribution in [3.05, 3.63) is 13.8 Å². The Morgan fingerprint density at radius 1 is 0.286 bits per heavy atom. The predicted molar refractivity (Wildman–Crippen MR) is 129 cm³/mol. The zero-order valence-electron chi connectivity index (χ0n) is 19.4. The van der Waals surface area contributed by atoms with Crippen molar-refractivity contribution < 1.29 is 0 Å². The maximum Gasteiger partial charge on any atom is 0.00886 e. The van der Waals surface area contributed by atoms with E-state index in [-0.39, 0.29) is 0 Å². The first-order valence-corrected chi connectivity index (χ1v) is 13.0. The summed E-state index contributed by atoms with van der Waals surface area (Å²) in [6.45, 7) is 7.80. The lowest BCUT2D eigenvalue weighted by Crippen LogP contribution is -1.83. The molecular formula is C28H52. The summed E-state index contributed by atoms with van der Waals surface area (Å²) in [6, 6.07) is 0. The Hall–Kier alpha value is -0.440. The van der Waals surface area contributed by atoms with Gasteiger partial charge in [0.25, 0.3) is 0 Å². The van der Waals surface area contributed by atoms with Gasteiger partial charge in [-0.25, -0.2) is 0 Å². The summed E-state index contributed by atoms with van der Waals surface area (Å²) < 4.78 is 0. The summed E-state index contributed by atoms with van der Waals surface area (Å²) in [4.78, 5) is 0. The van der Waals surface area contributed by atoms with Gasteiger partial charge in [0.1, 0.15) is 0 Å². The first-order chi connectivity index (χ1) is 13.9. The fourth-order valence-electron chi connectivity index (χ4n) is 3.79. The van der Waals surface area contributed by atoms with E-state index in [0.717, 1.165) is 25.7 Å². The van der Waals surface area contributed by atoms with Crippen molar-refractivity contribution in [2.24, 2.45) is 0 Å². The van der Waals surface area contributed by atoms with Crippen molar-refractivity contribution in [2.75, 3.05) is 0 Å². The maximum absolute atomic E-state index is 3.91. The minimum absolute atomic E-state index is 1.10. The largest absolute Gasteiger partial charge is 0.103 e. The van der Waals surface area contributed by atoms with Gasteiger partial charge in [0, 0.05) is 12.8 Å². The second-order valence-electron chi connectivity index (χ2n) is 8.63. The van der Waals surface area contributed by atoms with Crippen LogP contribution >= 0.6 is 0 Å². The zero-order valence-corrected chi connectivity index (χ0v) is 19.4. The number of unbranched alkanes of at least 4 members (excludes halogenated alkanes) is 22. The van der Waals surface area contributed by atoms with Crippen LogP contribution in [0.3, 0.4) is 0 Å². The van der Waals surface area contributed by atoms with Gasteiger partial charge < -0.3 is 0 Å². The van der Waals surface area contributed by atoms with Crippen LogP contribution in [0.15, 0.2) is 0 Å². The average Bonchev–Trinajstić information content (AvgIpc) is 2.71. The first-order valence-electron chi connectivity index (χ1n) is 13.0. The Balaban J connectivity index is 3.07. The molecule has 0 aliphatic rings. The third kappa shape index (κ3) is 25.6. The van der Waals surface area contributed by atoms with Crippen LogP contribution in [-0.2, 0) is 0 Å². The van der Waals surface area contributed by atoms with E-state index in [4.69, 9.17) is 0 Å². The predicted octanol–water partition coefficient (Wildman–Crippen LogP) is 10.0. The fourth-order valence-corrected chi connectivity index (χ4v) is 3.79. The van der Waals surface area contributed by atoms with Gasteiger partial charge in [-0.05, 0) is 12.8 Å². The molecule has 0 rings (SSSR count). The first kappa shape index (κ1) is 27.6. The zero-order chi connectivity index (χ0) is 20.4. The molecule has 164 valence electrons. The van der Waals surface area contributed by atoms with Gasteiger partial charge in [0.05, 0.1) is 0 Å². The van der Waals surface area contributed by atoms with Crippen LogP contribution < -0.4 is 0 Å². The van der Waals surface area contributed by atoms with Crippen LogP contribution in [-0.4, -0.2) is 0 Å². The molecule has 0 N–H and O–H groups in total. The molecule has 0 unspecified atom stereocenters. The minimum atomic E-state index is 1.10. The van der Waals surface area contributed by atoms with E-state index in [0.29, 0.717) is 0 Å². The molecule has 0 heterocycles. The van der Waals surface area contributed by atoms with E-state index in [1.165, 1.54) is 128 Å². The van der Waals surface area contributed by atoms with Gasteiger partial charge >= 0.3 is 0 Å². The van der Waals surface area contributed by atoms with E-state index in [1.807, 2.05) is 0 Å². The summed E-state index contributed by atoms with van der Waals surface area (Å²) in [7, 11) is 0. The van der Waals surface area contributed by atoms with Crippen LogP contribution in [0, 0.1) is 25.7 Å². The molecular weight excluding hydrogens is 336 g/mol. The molecule has 0 aromatic rings. The molecule has 0 bridgehead atoms. The van der Waals surface area contributed by atoms with Crippen molar-refractivity contribution in [1.82, 2.24) is 0 Å². The number of rotatable bonds is 22. The smallest absolute Gasteiger partial charge is 0.00886 e. The van der Waals surface area contributed by atoms with E-state index >= 15 is 0 Å². The lowest BCUT2D eigenvalue weighted by atomic mass is 10.0.